The van der Waals surface area contributed by atoms with Crippen LogP contribution in [0.5, 0.6) is 0 Å². The molecule has 1 atom stereocenters. The Hall–Kier alpha value is -1.59. The van der Waals surface area contributed by atoms with Crippen LogP contribution in [0.2, 0.25) is 0 Å². The predicted molar refractivity (Wildman–Crippen MR) is 66.0 cm³/mol. The number of carboxylic acid groups (broad SMARTS) is 1. The van der Waals surface area contributed by atoms with E-state index in [1.54, 1.807) is 0 Å². The Labute approximate surface area is 105 Å². The van der Waals surface area contributed by atoms with Crippen molar-refractivity contribution in [3.63, 3.8) is 0 Å². The fraction of sp³-hybridized carbons (Fsp3) is 0.273. The van der Waals surface area contributed by atoms with E-state index in [0.717, 1.165) is 5.56 Å². The second-order valence-electron chi connectivity index (χ2n) is 3.41. The molecule has 0 saturated carbocycles. The molecule has 0 fully saturated rings. The number of rotatable bonds is 5. The van der Waals surface area contributed by atoms with Gasteiger partial charge in [-0.25, -0.2) is 0 Å². The monoisotopic (exact) mass is 258 g/mol. The van der Waals surface area contributed by atoms with Gasteiger partial charge in [0.15, 0.2) is 0 Å². The molecule has 0 aliphatic rings. The Morgan fingerprint density at radius 1 is 1.29 bits per heavy atom. The maximum Gasteiger partial charge on any atom is 0.322 e. The maximum absolute atomic E-state index is 11.4. The minimum absolute atomic E-state index is 0. The number of carbonyl (C=O) groups excluding carboxylic acids is 1. The summed E-state index contributed by atoms with van der Waals surface area (Å²) < 4.78 is 0. The number of benzene rings is 1. The third-order valence-electron chi connectivity index (χ3n) is 2.05. The fourth-order valence-electron chi connectivity index (χ4n) is 1.25. The number of nitrogens with one attached hydrogen (secondary N) is 1. The Balaban J connectivity index is 0.00000256. The minimum Gasteiger partial charge on any atom is -0.480 e. The number of nitrogens with two attached hydrogens (primary N) is 1. The number of halogens is 1. The van der Waals surface area contributed by atoms with Gasteiger partial charge in [0.2, 0.25) is 5.91 Å². The van der Waals surface area contributed by atoms with E-state index >= 15 is 0 Å². The Morgan fingerprint density at radius 2 is 1.88 bits per heavy atom. The molecule has 0 aliphatic heterocycles. The van der Waals surface area contributed by atoms with E-state index in [0.29, 0.717) is 6.42 Å². The fourth-order valence-corrected chi connectivity index (χ4v) is 1.25. The van der Waals surface area contributed by atoms with E-state index in [1.165, 1.54) is 0 Å². The van der Waals surface area contributed by atoms with Gasteiger partial charge in [0, 0.05) is 0 Å². The molecule has 0 bridgehead atoms. The van der Waals surface area contributed by atoms with Crippen molar-refractivity contribution in [1.82, 2.24) is 5.32 Å². The lowest BCUT2D eigenvalue weighted by Gasteiger charge is -2.10. The largest absolute Gasteiger partial charge is 0.480 e. The van der Waals surface area contributed by atoms with Gasteiger partial charge in [-0.3, -0.25) is 9.59 Å². The number of amides is 1. The van der Waals surface area contributed by atoms with Crippen LogP contribution in [0.3, 0.4) is 0 Å². The maximum atomic E-state index is 11.4. The molecule has 5 nitrogen and oxygen atoms in total. The zero-order chi connectivity index (χ0) is 12.0. The van der Waals surface area contributed by atoms with Crippen LogP contribution in [0.4, 0.5) is 0 Å². The van der Waals surface area contributed by atoms with E-state index in [2.05, 4.69) is 5.32 Å². The van der Waals surface area contributed by atoms with E-state index < -0.39 is 24.5 Å². The van der Waals surface area contributed by atoms with Crippen molar-refractivity contribution in [3.05, 3.63) is 35.9 Å². The summed E-state index contributed by atoms with van der Waals surface area (Å²) in [5, 5.41) is 10.6. The van der Waals surface area contributed by atoms with Crippen molar-refractivity contribution >= 4 is 24.3 Å². The summed E-state index contributed by atoms with van der Waals surface area (Å²) >= 11 is 0. The third-order valence-corrected chi connectivity index (χ3v) is 2.05. The summed E-state index contributed by atoms with van der Waals surface area (Å²) in [5.74, 6) is -1.54. The van der Waals surface area contributed by atoms with Gasteiger partial charge in [-0.1, -0.05) is 30.3 Å². The Bertz CT molecular complexity index is 370. The summed E-state index contributed by atoms with van der Waals surface area (Å²) in [4.78, 5) is 21.6. The molecule has 0 aromatic heterocycles. The highest BCUT2D eigenvalue weighted by molar-refractivity contribution is 5.85. The highest BCUT2D eigenvalue weighted by Crippen LogP contribution is 2.01. The predicted octanol–water partition coefficient (Wildman–Crippen LogP) is 0.179. The topological polar surface area (TPSA) is 92.4 Å². The Kier molecular flexibility index (Phi) is 6.93. The second-order valence-corrected chi connectivity index (χ2v) is 3.41. The number of hydrogen-bond donors (Lipinski definition) is 3. The van der Waals surface area contributed by atoms with Crippen molar-refractivity contribution in [3.8, 4) is 0 Å². The summed E-state index contributed by atoms with van der Waals surface area (Å²) in [6.45, 7) is -0.401. The molecule has 1 rings (SSSR count). The molecule has 0 heterocycles. The van der Waals surface area contributed by atoms with Crippen LogP contribution in [0.25, 0.3) is 0 Å². The molecule has 4 N–H and O–H groups in total. The van der Waals surface area contributed by atoms with Crippen molar-refractivity contribution in [2.75, 3.05) is 6.54 Å². The van der Waals surface area contributed by atoms with Gasteiger partial charge in [0.05, 0.1) is 6.04 Å². The zero-order valence-corrected chi connectivity index (χ0v) is 9.94. The molecule has 1 unspecified atom stereocenters. The average molecular weight is 259 g/mol. The number of aliphatic carboxylic acids is 1. The lowest BCUT2D eigenvalue weighted by molar-refractivity contribution is -0.138. The molecule has 17 heavy (non-hydrogen) atoms. The van der Waals surface area contributed by atoms with E-state index in [4.69, 9.17) is 10.8 Å². The van der Waals surface area contributed by atoms with Crippen LogP contribution in [-0.2, 0) is 16.0 Å². The molecular weight excluding hydrogens is 244 g/mol. The van der Waals surface area contributed by atoms with E-state index in [-0.39, 0.29) is 12.4 Å². The summed E-state index contributed by atoms with van der Waals surface area (Å²) in [5.41, 5.74) is 6.58. The van der Waals surface area contributed by atoms with Gasteiger partial charge in [0.25, 0.3) is 0 Å². The minimum atomic E-state index is -1.08. The number of carbonyl (C=O) groups is 2. The van der Waals surface area contributed by atoms with Crippen LogP contribution in [0, 0.1) is 0 Å². The van der Waals surface area contributed by atoms with Crippen molar-refractivity contribution in [1.29, 1.82) is 0 Å². The summed E-state index contributed by atoms with van der Waals surface area (Å²) in [6, 6.07) is 8.60. The lowest BCUT2D eigenvalue weighted by Crippen LogP contribution is -2.43. The van der Waals surface area contributed by atoms with Gasteiger partial charge in [-0.15, -0.1) is 12.4 Å². The Morgan fingerprint density at radius 3 is 2.41 bits per heavy atom. The van der Waals surface area contributed by atoms with Gasteiger partial charge >= 0.3 is 5.97 Å². The van der Waals surface area contributed by atoms with Gasteiger partial charge in [-0.05, 0) is 12.0 Å². The highest BCUT2D eigenvalue weighted by atomic mass is 35.5. The molecule has 94 valence electrons. The average Bonchev–Trinajstić information content (AvgIpc) is 2.27. The van der Waals surface area contributed by atoms with Crippen LogP contribution >= 0.6 is 12.4 Å². The van der Waals surface area contributed by atoms with Gasteiger partial charge in [-0.2, -0.15) is 0 Å². The van der Waals surface area contributed by atoms with Crippen molar-refractivity contribution < 1.29 is 14.7 Å². The molecule has 0 aliphatic carbocycles. The smallest absolute Gasteiger partial charge is 0.322 e. The molecule has 0 spiro atoms. The lowest BCUT2D eigenvalue weighted by atomic mass is 10.1. The van der Waals surface area contributed by atoms with E-state index in [1.807, 2.05) is 30.3 Å². The van der Waals surface area contributed by atoms with Gasteiger partial charge < -0.3 is 16.2 Å². The molecule has 1 amide bonds. The molecule has 1 aromatic carbocycles. The quantitative estimate of drug-likeness (QED) is 0.702. The van der Waals surface area contributed by atoms with Crippen LogP contribution in [-0.4, -0.2) is 29.6 Å². The zero-order valence-electron chi connectivity index (χ0n) is 9.13. The van der Waals surface area contributed by atoms with Crippen LogP contribution in [0.1, 0.15) is 5.56 Å². The summed E-state index contributed by atoms with van der Waals surface area (Å²) in [6.07, 6.45) is 0.395. The number of carboxylic acids is 1. The molecule has 1 aromatic rings. The van der Waals surface area contributed by atoms with Crippen LogP contribution < -0.4 is 11.1 Å². The van der Waals surface area contributed by atoms with Crippen LogP contribution in [0.15, 0.2) is 30.3 Å². The first kappa shape index (κ1) is 15.4. The van der Waals surface area contributed by atoms with Crippen molar-refractivity contribution in [2.45, 2.75) is 12.5 Å². The normalized spacial score (nSPS) is 11.1. The molecule has 6 heteroatoms. The molecular formula is C11H15ClN2O3. The van der Waals surface area contributed by atoms with Gasteiger partial charge in [0.1, 0.15) is 6.54 Å². The summed E-state index contributed by atoms with van der Waals surface area (Å²) in [7, 11) is 0. The first-order chi connectivity index (χ1) is 7.59. The second kappa shape index (κ2) is 7.65. The third kappa shape index (κ3) is 5.89. The standard InChI is InChI=1S/C11H14N2O3.ClH/c12-9(11(16)13-7-10(14)15)6-8-4-2-1-3-5-8;/h1-5,9H,6-7,12H2,(H,13,16)(H,14,15);1H. The molecule has 0 saturated heterocycles. The van der Waals surface area contributed by atoms with E-state index in [9.17, 15) is 9.59 Å². The first-order valence-corrected chi connectivity index (χ1v) is 4.88. The van der Waals surface area contributed by atoms with Crippen molar-refractivity contribution in [2.24, 2.45) is 5.73 Å². The first-order valence-electron chi connectivity index (χ1n) is 4.88. The highest BCUT2D eigenvalue weighted by Gasteiger charge is 2.14. The number of hydrogen-bond acceptors (Lipinski definition) is 3. The molecule has 0 radical (unpaired) electrons. The SMILES string of the molecule is Cl.NC(Cc1ccccc1)C(=O)NCC(=O)O.